The maximum atomic E-state index is 10.9. The minimum atomic E-state index is -3.05. The first kappa shape index (κ1) is 12.4. The predicted octanol–water partition coefficient (Wildman–Crippen LogP) is 0.764. The highest BCUT2D eigenvalue weighted by molar-refractivity contribution is 7.90. The van der Waals surface area contributed by atoms with Crippen LogP contribution >= 0.6 is 0 Å². The van der Waals surface area contributed by atoms with Crippen LogP contribution in [0.1, 0.15) is 26.2 Å². The van der Waals surface area contributed by atoms with E-state index in [9.17, 15) is 13.2 Å². The maximum absolute atomic E-state index is 10.9. The summed E-state index contributed by atoms with van der Waals surface area (Å²) in [5.41, 5.74) is 0. The monoisotopic (exact) mass is 208 g/mol. The molecule has 0 unspecified atom stereocenters. The number of hydrogen-bond acceptors (Lipinski definition) is 4. The Bertz CT molecular complexity index is 243. The molecule has 0 saturated heterocycles. The van der Waals surface area contributed by atoms with Crippen LogP contribution in [0.25, 0.3) is 0 Å². The van der Waals surface area contributed by atoms with Crippen LogP contribution < -0.4 is 0 Å². The van der Waals surface area contributed by atoms with Crippen molar-refractivity contribution in [3.05, 3.63) is 0 Å². The van der Waals surface area contributed by atoms with E-state index in [0.717, 1.165) is 19.1 Å². The topological polar surface area (TPSA) is 60.4 Å². The maximum Gasteiger partial charge on any atom is 0.306 e. The molecule has 0 aromatic heterocycles. The third kappa shape index (κ3) is 9.33. The van der Waals surface area contributed by atoms with Gasteiger partial charge in [-0.3, -0.25) is 4.79 Å². The van der Waals surface area contributed by atoms with Crippen LogP contribution in [0.15, 0.2) is 0 Å². The van der Waals surface area contributed by atoms with Gasteiger partial charge in [0.05, 0.1) is 18.8 Å². The minimum Gasteiger partial charge on any atom is -0.466 e. The van der Waals surface area contributed by atoms with E-state index in [0.29, 0.717) is 6.61 Å². The van der Waals surface area contributed by atoms with Gasteiger partial charge in [-0.15, -0.1) is 0 Å². The molecule has 0 aromatic rings. The molecule has 0 amide bonds. The first-order chi connectivity index (χ1) is 5.95. The zero-order valence-corrected chi connectivity index (χ0v) is 8.89. The van der Waals surface area contributed by atoms with Gasteiger partial charge < -0.3 is 4.74 Å². The summed E-state index contributed by atoms with van der Waals surface area (Å²) in [6.07, 6.45) is 2.85. The van der Waals surface area contributed by atoms with E-state index >= 15 is 0 Å². The Morgan fingerprint density at radius 1 is 1.38 bits per heavy atom. The predicted molar refractivity (Wildman–Crippen MR) is 50.2 cm³/mol. The summed E-state index contributed by atoms with van der Waals surface area (Å²) in [5, 5.41) is 0. The van der Waals surface area contributed by atoms with Gasteiger partial charge in [-0.05, 0) is 6.42 Å². The zero-order chi connectivity index (χ0) is 10.3. The van der Waals surface area contributed by atoms with Gasteiger partial charge in [-0.25, -0.2) is 8.42 Å². The molecule has 0 aliphatic heterocycles. The van der Waals surface area contributed by atoms with Gasteiger partial charge in [0.1, 0.15) is 9.84 Å². The molecule has 5 heteroatoms. The van der Waals surface area contributed by atoms with Crippen LogP contribution in [0.5, 0.6) is 0 Å². The largest absolute Gasteiger partial charge is 0.466 e. The minimum absolute atomic E-state index is 0.0391. The Kier molecular flexibility index (Phi) is 5.70. The van der Waals surface area contributed by atoms with E-state index in [1.165, 1.54) is 0 Å². The average molecular weight is 208 g/mol. The summed E-state index contributed by atoms with van der Waals surface area (Å²) in [4.78, 5) is 10.9. The van der Waals surface area contributed by atoms with Crippen molar-refractivity contribution in [2.24, 2.45) is 0 Å². The molecule has 0 bridgehead atoms. The van der Waals surface area contributed by atoms with E-state index in [2.05, 4.69) is 0 Å². The molecule has 0 aromatic carbocycles. The zero-order valence-electron chi connectivity index (χ0n) is 8.08. The normalized spacial score (nSPS) is 11.2. The highest BCUT2D eigenvalue weighted by Gasteiger charge is 2.08. The third-order valence-electron chi connectivity index (χ3n) is 1.44. The highest BCUT2D eigenvalue weighted by Crippen LogP contribution is 1.94. The van der Waals surface area contributed by atoms with Crippen molar-refractivity contribution < 1.29 is 17.9 Å². The first-order valence-electron chi connectivity index (χ1n) is 4.29. The summed E-state index contributed by atoms with van der Waals surface area (Å²) < 4.78 is 26.1. The van der Waals surface area contributed by atoms with Gasteiger partial charge in [0.15, 0.2) is 0 Å². The van der Waals surface area contributed by atoms with Crippen LogP contribution in [0.2, 0.25) is 0 Å². The van der Waals surface area contributed by atoms with Crippen molar-refractivity contribution in [1.82, 2.24) is 0 Å². The molecule has 0 fully saturated rings. The van der Waals surface area contributed by atoms with Crippen molar-refractivity contribution in [3.63, 3.8) is 0 Å². The lowest BCUT2D eigenvalue weighted by Crippen LogP contribution is -2.12. The molecule has 0 atom stereocenters. The Balaban J connectivity index is 3.53. The number of ether oxygens (including phenoxy) is 1. The lowest BCUT2D eigenvalue weighted by Gasteiger charge is -2.02. The van der Waals surface area contributed by atoms with Gasteiger partial charge in [0, 0.05) is 6.26 Å². The molecule has 0 rings (SSSR count). The summed E-state index contributed by atoms with van der Waals surface area (Å²) in [6.45, 7) is 2.38. The standard InChI is InChI=1S/C8H16O4S/c1-3-4-6-12-8(9)5-7-13(2,10)11/h3-7H2,1-2H3. The van der Waals surface area contributed by atoms with Crippen molar-refractivity contribution in [3.8, 4) is 0 Å². The molecule has 0 spiro atoms. The van der Waals surface area contributed by atoms with E-state index in [1.54, 1.807) is 0 Å². The summed E-state index contributed by atoms with van der Waals surface area (Å²) in [5.74, 6) is -0.559. The van der Waals surface area contributed by atoms with Crippen LogP contribution in [0.4, 0.5) is 0 Å². The second-order valence-electron chi connectivity index (χ2n) is 2.95. The Hall–Kier alpha value is -0.580. The second-order valence-corrected chi connectivity index (χ2v) is 5.21. The molecule has 0 heterocycles. The molecule has 0 N–H and O–H groups in total. The molecule has 0 saturated carbocycles. The van der Waals surface area contributed by atoms with E-state index in [-0.39, 0.29) is 12.2 Å². The fourth-order valence-corrected chi connectivity index (χ4v) is 1.21. The van der Waals surface area contributed by atoms with Gasteiger partial charge in [-0.1, -0.05) is 13.3 Å². The van der Waals surface area contributed by atoms with E-state index in [4.69, 9.17) is 4.74 Å². The lowest BCUT2D eigenvalue weighted by molar-refractivity contribution is -0.143. The molecule has 0 radical (unpaired) electrons. The molecule has 4 nitrogen and oxygen atoms in total. The molecular formula is C8H16O4S. The van der Waals surface area contributed by atoms with Gasteiger partial charge >= 0.3 is 5.97 Å². The smallest absolute Gasteiger partial charge is 0.306 e. The Morgan fingerprint density at radius 3 is 2.46 bits per heavy atom. The lowest BCUT2D eigenvalue weighted by atomic mass is 10.4. The Morgan fingerprint density at radius 2 is 2.00 bits per heavy atom. The fraction of sp³-hybridized carbons (Fsp3) is 0.875. The molecule has 0 aliphatic rings. The molecule has 0 aliphatic carbocycles. The molecule has 13 heavy (non-hydrogen) atoms. The van der Waals surface area contributed by atoms with Crippen LogP contribution in [-0.2, 0) is 19.4 Å². The van der Waals surface area contributed by atoms with Gasteiger partial charge in [0.25, 0.3) is 0 Å². The van der Waals surface area contributed by atoms with Crippen molar-refractivity contribution in [2.45, 2.75) is 26.2 Å². The average Bonchev–Trinajstić information content (AvgIpc) is 2.00. The number of carbonyl (C=O) groups is 1. The van der Waals surface area contributed by atoms with Crippen molar-refractivity contribution >= 4 is 15.8 Å². The van der Waals surface area contributed by atoms with E-state index in [1.807, 2.05) is 6.92 Å². The molecular weight excluding hydrogens is 192 g/mol. The van der Waals surface area contributed by atoms with Gasteiger partial charge in [-0.2, -0.15) is 0 Å². The van der Waals surface area contributed by atoms with Gasteiger partial charge in [0.2, 0.25) is 0 Å². The van der Waals surface area contributed by atoms with Crippen LogP contribution in [-0.4, -0.2) is 33.0 Å². The number of hydrogen-bond donors (Lipinski definition) is 0. The van der Waals surface area contributed by atoms with Crippen molar-refractivity contribution in [2.75, 3.05) is 18.6 Å². The number of esters is 1. The summed E-state index contributed by atoms with van der Waals surface area (Å²) in [6, 6.07) is 0. The number of carbonyl (C=O) groups excluding carboxylic acids is 1. The highest BCUT2D eigenvalue weighted by atomic mass is 32.2. The fourth-order valence-electron chi connectivity index (χ4n) is 0.671. The summed E-state index contributed by atoms with van der Waals surface area (Å²) >= 11 is 0. The summed E-state index contributed by atoms with van der Waals surface area (Å²) in [7, 11) is -3.05. The third-order valence-corrected chi connectivity index (χ3v) is 2.38. The van der Waals surface area contributed by atoms with Crippen LogP contribution in [0, 0.1) is 0 Å². The SMILES string of the molecule is CCCCOC(=O)CCS(C)(=O)=O. The van der Waals surface area contributed by atoms with Crippen LogP contribution in [0.3, 0.4) is 0 Å². The molecule has 78 valence electrons. The second kappa shape index (κ2) is 5.96. The van der Waals surface area contributed by atoms with E-state index < -0.39 is 15.8 Å². The number of rotatable bonds is 6. The first-order valence-corrected chi connectivity index (χ1v) is 6.35. The quantitative estimate of drug-likeness (QED) is 0.477. The number of unbranched alkanes of at least 4 members (excludes halogenated alkanes) is 1. The van der Waals surface area contributed by atoms with Crippen molar-refractivity contribution in [1.29, 1.82) is 0 Å². The Labute approximate surface area is 79.2 Å². The number of sulfone groups is 1.